The fraction of sp³-hybridized carbons (Fsp3) is 0.367. The van der Waals surface area contributed by atoms with Crippen LogP contribution in [-0.4, -0.2) is 41.6 Å². The Kier molecular flexibility index (Phi) is 6.62. The van der Waals surface area contributed by atoms with Crippen LogP contribution in [0.1, 0.15) is 51.2 Å². The SMILES string of the molecule is CC(C)(C)c1ccc(S(=O)(=O)N2CCC3=CC(=O)CCC3(Cc3ccc(-c4cncnc4)cc3)C2)cc1. The van der Waals surface area contributed by atoms with Gasteiger partial charge in [0.15, 0.2) is 5.78 Å². The molecule has 2 heterocycles. The maximum Gasteiger partial charge on any atom is 0.243 e. The molecular weight excluding hydrogens is 482 g/mol. The summed E-state index contributed by atoms with van der Waals surface area (Å²) in [6, 6.07) is 15.6. The molecule has 1 aliphatic heterocycles. The van der Waals surface area contributed by atoms with E-state index in [1.165, 1.54) is 6.33 Å². The summed E-state index contributed by atoms with van der Waals surface area (Å²) in [5.41, 5.74) is 4.85. The summed E-state index contributed by atoms with van der Waals surface area (Å²) >= 11 is 0. The van der Waals surface area contributed by atoms with E-state index >= 15 is 0 Å². The average molecular weight is 516 g/mol. The van der Waals surface area contributed by atoms with Crippen LogP contribution < -0.4 is 0 Å². The summed E-state index contributed by atoms with van der Waals surface area (Å²) in [5, 5.41) is 0. The van der Waals surface area contributed by atoms with Gasteiger partial charge in [-0.3, -0.25) is 4.79 Å². The first-order valence-electron chi connectivity index (χ1n) is 12.8. The molecule has 3 aromatic rings. The van der Waals surface area contributed by atoms with Crippen molar-refractivity contribution in [3.63, 3.8) is 0 Å². The van der Waals surface area contributed by atoms with Gasteiger partial charge in [-0.15, -0.1) is 0 Å². The second-order valence-electron chi connectivity index (χ2n) is 11.3. The standard InChI is InChI=1S/C30H33N3O3S/c1-29(2,3)25-8-10-28(11-9-25)37(35,36)33-15-13-26-16-27(34)12-14-30(26,20-33)17-22-4-6-23(7-5-22)24-18-31-21-32-19-24/h4-11,16,18-19,21H,12-15,17,20H2,1-3H3. The predicted molar refractivity (Wildman–Crippen MR) is 144 cm³/mol. The van der Waals surface area contributed by atoms with E-state index in [1.54, 1.807) is 34.9 Å². The minimum atomic E-state index is -3.65. The van der Waals surface area contributed by atoms with Crippen molar-refractivity contribution in [3.8, 4) is 11.1 Å². The smallest absolute Gasteiger partial charge is 0.243 e. The number of rotatable bonds is 5. The molecule has 2 aliphatic rings. The molecule has 7 heteroatoms. The number of allylic oxidation sites excluding steroid dienone is 1. The number of carbonyl (C=O) groups excluding carboxylic acids is 1. The Bertz CT molecular complexity index is 1420. The van der Waals surface area contributed by atoms with Crippen molar-refractivity contribution >= 4 is 15.8 Å². The van der Waals surface area contributed by atoms with E-state index in [9.17, 15) is 13.2 Å². The molecule has 0 saturated carbocycles. The number of piperidine rings is 1. The van der Waals surface area contributed by atoms with Crippen molar-refractivity contribution < 1.29 is 13.2 Å². The molecular formula is C30H33N3O3S. The summed E-state index contributed by atoms with van der Waals surface area (Å²) < 4.78 is 29.0. The van der Waals surface area contributed by atoms with Crippen molar-refractivity contribution in [3.05, 3.63) is 90.0 Å². The van der Waals surface area contributed by atoms with Crippen LogP contribution in [0.2, 0.25) is 0 Å². The van der Waals surface area contributed by atoms with E-state index in [4.69, 9.17) is 0 Å². The fourth-order valence-electron chi connectivity index (χ4n) is 5.52. The first-order chi connectivity index (χ1) is 17.6. The normalized spacial score (nSPS) is 20.8. The summed E-state index contributed by atoms with van der Waals surface area (Å²) in [5.74, 6) is 0.138. The quantitative estimate of drug-likeness (QED) is 0.457. The zero-order valence-electron chi connectivity index (χ0n) is 21.6. The lowest BCUT2D eigenvalue weighted by Gasteiger charge is -2.46. The molecule has 1 fully saturated rings. The van der Waals surface area contributed by atoms with Gasteiger partial charge in [-0.2, -0.15) is 4.31 Å². The molecule has 0 bridgehead atoms. The van der Waals surface area contributed by atoms with E-state index in [1.807, 2.05) is 12.1 Å². The van der Waals surface area contributed by atoms with Crippen LogP contribution in [0.5, 0.6) is 0 Å². The zero-order chi connectivity index (χ0) is 26.3. The third-order valence-electron chi connectivity index (χ3n) is 7.72. The number of hydrogen-bond donors (Lipinski definition) is 0. The molecule has 5 rings (SSSR count). The van der Waals surface area contributed by atoms with Gasteiger partial charge >= 0.3 is 0 Å². The Labute approximate surface area is 219 Å². The van der Waals surface area contributed by atoms with Gasteiger partial charge in [0.05, 0.1) is 4.90 Å². The van der Waals surface area contributed by atoms with Crippen LogP contribution in [0.25, 0.3) is 11.1 Å². The average Bonchev–Trinajstić information content (AvgIpc) is 2.89. The lowest BCUT2D eigenvalue weighted by atomic mass is 9.66. The van der Waals surface area contributed by atoms with Crippen LogP contribution in [0.15, 0.2) is 83.8 Å². The number of aromatic nitrogens is 2. The fourth-order valence-corrected chi connectivity index (χ4v) is 7.04. The van der Waals surface area contributed by atoms with E-state index in [0.29, 0.717) is 43.7 Å². The van der Waals surface area contributed by atoms with Crippen molar-refractivity contribution in [2.45, 2.75) is 56.8 Å². The zero-order valence-corrected chi connectivity index (χ0v) is 22.5. The molecule has 2 aromatic carbocycles. The van der Waals surface area contributed by atoms with Crippen LogP contribution in [0, 0.1) is 5.41 Å². The van der Waals surface area contributed by atoms with Gasteiger partial charge in [0, 0.05) is 42.9 Å². The van der Waals surface area contributed by atoms with Gasteiger partial charge in [0.25, 0.3) is 0 Å². The molecule has 0 radical (unpaired) electrons. The highest BCUT2D eigenvalue weighted by Gasteiger charge is 2.45. The third kappa shape index (κ3) is 5.15. The Balaban J connectivity index is 1.43. The van der Waals surface area contributed by atoms with Crippen LogP contribution >= 0.6 is 0 Å². The van der Waals surface area contributed by atoms with Gasteiger partial charge in [-0.25, -0.2) is 18.4 Å². The van der Waals surface area contributed by atoms with Gasteiger partial charge in [-0.1, -0.05) is 62.7 Å². The summed E-state index contributed by atoms with van der Waals surface area (Å²) in [7, 11) is -3.65. The van der Waals surface area contributed by atoms with Crippen molar-refractivity contribution in [2.75, 3.05) is 13.1 Å². The first kappa shape index (κ1) is 25.5. The number of carbonyl (C=O) groups is 1. The molecule has 1 aliphatic carbocycles. The first-order valence-corrected chi connectivity index (χ1v) is 14.2. The van der Waals surface area contributed by atoms with Crippen molar-refractivity contribution in [1.29, 1.82) is 0 Å². The lowest BCUT2D eigenvalue weighted by Crippen LogP contribution is -2.49. The Hall–Kier alpha value is -3.16. The molecule has 37 heavy (non-hydrogen) atoms. The van der Waals surface area contributed by atoms with E-state index in [-0.39, 0.29) is 16.6 Å². The maximum atomic E-state index is 13.7. The molecule has 1 saturated heterocycles. The maximum absolute atomic E-state index is 13.7. The number of benzene rings is 2. The number of fused-ring (bicyclic) bond motifs is 1. The van der Waals surface area contributed by atoms with Crippen LogP contribution in [-0.2, 0) is 26.7 Å². The number of ketones is 1. The molecule has 192 valence electrons. The van der Waals surface area contributed by atoms with Gasteiger partial charge in [0.1, 0.15) is 6.33 Å². The highest BCUT2D eigenvalue weighted by Crippen LogP contribution is 2.46. The summed E-state index contributed by atoms with van der Waals surface area (Å²) in [4.78, 5) is 20.8. The number of sulfonamides is 1. The van der Waals surface area contributed by atoms with E-state index in [2.05, 4.69) is 55.0 Å². The van der Waals surface area contributed by atoms with Crippen molar-refractivity contribution in [2.24, 2.45) is 5.41 Å². The minimum absolute atomic E-state index is 0.0467. The monoisotopic (exact) mass is 515 g/mol. The summed E-state index contributed by atoms with van der Waals surface area (Å²) in [6.07, 6.45) is 9.21. The van der Waals surface area contributed by atoms with E-state index in [0.717, 1.165) is 27.8 Å². The lowest BCUT2D eigenvalue weighted by molar-refractivity contribution is -0.116. The topological polar surface area (TPSA) is 80.2 Å². The molecule has 1 unspecified atom stereocenters. The predicted octanol–water partition coefficient (Wildman–Crippen LogP) is 5.35. The number of nitrogens with zero attached hydrogens (tertiary/aromatic N) is 3. The molecule has 1 atom stereocenters. The Morgan fingerprint density at radius 3 is 2.24 bits per heavy atom. The molecule has 0 spiro atoms. The second-order valence-corrected chi connectivity index (χ2v) is 13.2. The molecule has 0 amide bonds. The Morgan fingerprint density at radius 2 is 1.59 bits per heavy atom. The molecule has 6 nitrogen and oxygen atoms in total. The van der Waals surface area contributed by atoms with Crippen LogP contribution in [0.3, 0.4) is 0 Å². The highest BCUT2D eigenvalue weighted by atomic mass is 32.2. The molecule has 0 N–H and O–H groups in total. The Morgan fingerprint density at radius 1 is 0.919 bits per heavy atom. The third-order valence-corrected chi connectivity index (χ3v) is 9.58. The summed E-state index contributed by atoms with van der Waals surface area (Å²) in [6.45, 7) is 7.11. The molecule has 1 aromatic heterocycles. The highest BCUT2D eigenvalue weighted by molar-refractivity contribution is 7.89. The minimum Gasteiger partial charge on any atom is -0.295 e. The van der Waals surface area contributed by atoms with Gasteiger partial charge in [0.2, 0.25) is 10.0 Å². The van der Waals surface area contributed by atoms with E-state index < -0.39 is 10.0 Å². The van der Waals surface area contributed by atoms with Gasteiger partial charge < -0.3 is 0 Å². The number of hydrogen-bond acceptors (Lipinski definition) is 5. The van der Waals surface area contributed by atoms with Crippen LogP contribution in [0.4, 0.5) is 0 Å². The van der Waals surface area contributed by atoms with Gasteiger partial charge in [-0.05, 0) is 59.6 Å². The largest absolute Gasteiger partial charge is 0.295 e. The second kappa shape index (κ2) is 9.62. The van der Waals surface area contributed by atoms with Crippen molar-refractivity contribution in [1.82, 2.24) is 14.3 Å².